The molecule has 0 bridgehead atoms. The Morgan fingerprint density at radius 2 is 2.20 bits per heavy atom. The van der Waals surface area contributed by atoms with Gasteiger partial charge in [0.15, 0.2) is 0 Å². The summed E-state index contributed by atoms with van der Waals surface area (Å²) in [6.45, 7) is 1.96. The van der Waals surface area contributed by atoms with Gasteiger partial charge in [0.1, 0.15) is 5.82 Å². The average molecular weight is 209 g/mol. The second-order valence-corrected chi connectivity index (χ2v) is 3.70. The number of hydrogen-bond acceptors (Lipinski definition) is 4. The number of aromatic nitrogens is 2. The van der Waals surface area contributed by atoms with E-state index >= 15 is 0 Å². The lowest BCUT2D eigenvalue weighted by Gasteiger charge is -2.21. The fourth-order valence-electron chi connectivity index (χ4n) is 1.85. The molecule has 0 spiro atoms. The van der Waals surface area contributed by atoms with E-state index in [1.54, 1.807) is 0 Å². The SMILES string of the molecule is COc1cc(=O)[nH]c(C2CCNCC2)n1. The van der Waals surface area contributed by atoms with Crippen molar-refractivity contribution < 1.29 is 4.74 Å². The van der Waals surface area contributed by atoms with Gasteiger partial charge in [-0.1, -0.05) is 0 Å². The molecule has 0 unspecified atom stereocenters. The van der Waals surface area contributed by atoms with Crippen LogP contribution in [0, 0.1) is 0 Å². The summed E-state index contributed by atoms with van der Waals surface area (Å²) >= 11 is 0. The van der Waals surface area contributed by atoms with Gasteiger partial charge in [-0.25, -0.2) is 0 Å². The first kappa shape index (κ1) is 10.2. The topological polar surface area (TPSA) is 67.0 Å². The van der Waals surface area contributed by atoms with Gasteiger partial charge in [0.25, 0.3) is 5.56 Å². The summed E-state index contributed by atoms with van der Waals surface area (Å²) in [6, 6.07) is 1.37. The molecule has 2 heterocycles. The third-order valence-corrected chi connectivity index (χ3v) is 2.67. The molecule has 1 aromatic heterocycles. The molecule has 0 saturated carbocycles. The Hall–Kier alpha value is -1.36. The van der Waals surface area contributed by atoms with Crippen LogP contribution in [0.5, 0.6) is 5.88 Å². The summed E-state index contributed by atoms with van der Waals surface area (Å²) in [5.74, 6) is 1.49. The first-order valence-corrected chi connectivity index (χ1v) is 5.15. The number of H-pyrrole nitrogens is 1. The smallest absolute Gasteiger partial charge is 0.254 e. The van der Waals surface area contributed by atoms with Crippen LogP contribution in [0.1, 0.15) is 24.6 Å². The maximum Gasteiger partial charge on any atom is 0.254 e. The summed E-state index contributed by atoms with van der Waals surface area (Å²) in [5, 5.41) is 3.28. The van der Waals surface area contributed by atoms with E-state index in [0.717, 1.165) is 31.8 Å². The number of nitrogens with zero attached hydrogens (tertiary/aromatic N) is 1. The number of ether oxygens (including phenoxy) is 1. The fraction of sp³-hybridized carbons (Fsp3) is 0.600. The monoisotopic (exact) mass is 209 g/mol. The third-order valence-electron chi connectivity index (χ3n) is 2.67. The standard InChI is InChI=1S/C10H15N3O2/c1-15-9-6-8(14)12-10(13-9)7-2-4-11-5-3-7/h6-7,11H,2-5H2,1H3,(H,12,13,14). The van der Waals surface area contributed by atoms with Crippen molar-refractivity contribution in [1.29, 1.82) is 0 Å². The van der Waals surface area contributed by atoms with E-state index in [2.05, 4.69) is 15.3 Å². The van der Waals surface area contributed by atoms with Crippen molar-refractivity contribution >= 4 is 0 Å². The molecule has 0 aliphatic carbocycles. The van der Waals surface area contributed by atoms with E-state index in [1.165, 1.54) is 13.2 Å². The first-order valence-electron chi connectivity index (χ1n) is 5.15. The Labute approximate surface area is 87.9 Å². The molecule has 1 aromatic rings. The summed E-state index contributed by atoms with van der Waals surface area (Å²) < 4.78 is 4.98. The van der Waals surface area contributed by atoms with Crippen molar-refractivity contribution in [3.8, 4) is 5.88 Å². The molecular weight excluding hydrogens is 194 g/mol. The molecule has 2 N–H and O–H groups in total. The molecular formula is C10H15N3O2. The molecule has 5 heteroatoms. The molecule has 82 valence electrons. The number of rotatable bonds is 2. The largest absolute Gasteiger partial charge is 0.481 e. The Kier molecular flexibility index (Phi) is 3.01. The van der Waals surface area contributed by atoms with Crippen LogP contribution in [-0.4, -0.2) is 30.2 Å². The van der Waals surface area contributed by atoms with E-state index < -0.39 is 0 Å². The lowest BCUT2D eigenvalue weighted by Crippen LogP contribution is -2.28. The zero-order valence-corrected chi connectivity index (χ0v) is 8.75. The minimum atomic E-state index is -0.143. The van der Waals surface area contributed by atoms with Crippen molar-refractivity contribution in [3.05, 3.63) is 22.2 Å². The predicted molar refractivity (Wildman–Crippen MR) is 56.3 cm³/mol. The van der Waals surface area contributed by atoms with E-state index in [1.807, 2.05) is 0 Å². The summed E-state index contributed by atoms with van der Waals surface area (Å²) in [4.78, 5) is 18.4. The van der Waals surface area contributed by atoms with E-state index in [0.29, 0.717) is 11.8 Å². The Morgan fingerprint density at radius 3 is 2.87 bits per heavy atom. The highest BCUT2D eigenvalue weighted by Crippen LogP contribution is 2.21. The quantitative estimate of drug-likeness (QED) is 0.732. The summed E-state index contributed by atoms with van der Waals surface area (Å²) in [6.07, 6.45) is 2.02. The highest BCUT2D eigenvalue weighted by molar-refractivity contribution is 5.11. The van der Waals surface area contributed by atoms with Crippen LogP contribution in [0.4, 0.5) is 0 Å². The van der Waals surface area contributed by atoms with Gasteiger partial charge in [-0.2, -0.15) is 4.98 Å². The minimum absolute atomic E-state index is 0.143. The van der Waals surface area contributed by atoms with E-state index in [4.69, 9.17) is 4.74 Å². The van der Waals surface area contributed by atoms with Gasteiger partial charge in [-0.3, -0.25) is 4.79 Å². The molecule has 0 radical (unpaired) electrons. The van der Waals surface area contributed by atoms with Crippen molar-refractivity contribution in [1.82, 2.24) is 15.3 Å². The van der Waals surface area contributed by atoms with Gasteiger partial charge < -0.3 is 15.0 Å². The van der Waals surface area contributed by atoms with Crippen LogP contribution in [0.15, 0.2) is 10.9 Å². The van der Waals surface area contributed by atoms with Gasteiger partial charge in [0.2, 0.25) is 5.88 Å². The molecule has 1 aliphatic heterocycles. The molecule has 0 amide bonds. The first-order chi connectivity index (χ1) is 7.29. The van der Waals surface area contributed by atoms with Crippen LogP contribution in [0.25, 0.3) is 0 Å². The summed E-state index contributed by atoms with van der Waals surface area (Å²) in [5.41, 5.74) is -0.143. The van der Waals surface area contributed by atoms with Crippen LogP contribution < -0.4 is 15.6 Å². The van der Waals surface area contributed by atoms with Crippen molar-refractivity contribution in [2.75, 3.05) is 20.2 Å². The van der Waals surface area contributed by atoms with Gasteiger partial charge in [0.05, 0.1) is 13.2 Å². The molecule has 1 saturated heterocycles. The Bertz CT molecular complexity index is 382. The third kappa shape index (κ3) is 2.36. The molecule has 15 heavy (non-hydrogen) atoms. The molecule has 5 nitrogen and oxygen atoms in total. The van der Waals surface area contributed by atoms with Crippen LogP contribution >= 0.6 is 0 Å². The number of aromatic amines is 1. The molecule has 0 aromatic carbocycles. The lowest BCUT2D eigenvalue weighted by atomic mass is 9.97. The minimum Gasteiger partial charge on any atom is -0.481 e. The summed E-state index contributed by atoms with van der Waals surface area (Å²) in [7, 11) is 1.52. The zero-order chi connectivity index (χ0) is 10.7. The van der Waals surface area contributed by atoms with Crippen LogP contribution in [0.2, 0.25) is 0 Å². The highest BCUT2D eigenvalue weighted by Gasteiger charge is 2.18. The zero-order valence-electron chi connectivity index (χ0n) is 8.75. The Balaban J connectivity index is 2.26. The molecule has 1 aliphatic rings. The van der Waals surface area contributed by atoms with Gasteiger partial charge in [-0.15, -0.1) is 0 Å². The maximum atomic E-state index is 11.3. The second kappa shape index (κ2) is 4.44. The lowest BCUT2D eigenvalue weighted by molar-refractivity contribution is 0.384. The number of methoxy groups -OCH3 is 1. The average Bonchev–Trinajstić information content (AvgIpc) is 2.29. The van der Waals surface area contributed by atoms with E-state index in [-0.39, 0.29) is 5.56 Å². The van der Waals surface area contributed by atoms with E-state index in [9.17, 15) is 4.79 Å². The molecule has 2 rings (SSSR count). The van der Waals surface area contributed by atoms with Gasteiger partial charge in [0, 0.05) is 5.92 Å². The van der Waals surface area contributed by atoms with Crippen LogP contribution in [0.3, 0.4) is 0 Å². The maximum absolute atomic E-state index is 11.3. The number of hydrogen-bond donors (Lipinski definition) is 2. The van der Waals surface area contributed by atoms with Crippen LogP contribution in [-0.2, 0) is 0 Å². The Morgan fingerprint density at radius 1 is 1.47 bits per heavy atom. The van der Waals surface area contributed by atoms with Crippen molar-refractivity contribution in [2.24, 2.45) is 0 Å². The normalized spacial score (nSPS) is 17.7. The van der Waals surface area contributed by atoms with Gasteiger partial charge in [-0.05, 0) is 25.9 Å². The van der Waals surface area contributed by atoms with Crippen molar-refractivity contribution in [3.63, 3.8) is 0 Å². The fourth-order valence-corrected chi connectivity index (χ4v) is 1.85. The molecule has 0 atom stereocenters. The highest BCUT2D eigenvalue weighted by atomic mass is 16.5. The predicted octanol–water partition coefficient (Wildman–Crippen LogP) is 0.245. The van der Waals surface area contributed by atoms with Gasteiger partial charge >= 0.3 is 0 Å². The van der Waals surface area contributed by atoms with Crippen molar-refractivity contribution in [2.45, 2.75) is 18.8 Å². The molecule has 1 fully saturated rings. The second-order valence-electron chi connectivity index (χ2n) is 3.70. The number of piperidine rings is 1. The number of nitrogens with one attached hydrogen (secondary N) is 2.